The molecule has 0 saturated carbocycles. The molecule has 4 rings (SSSR count). The van der Waals surface area contributed by atoms with Crippen molar-refractivity contribution in [1.82, 2.24) is 9.97 Å². The van der Waals surface area contributed by atoms with Gasteiger partial charge in [0, 0.05) is 17.8 Å². The summed E-state index contributed by atoms with van der Waals surface area (Å²) in [4.78, 5) is 16.9. The molecular formula is C21H19N3O2. The standard InChI is InChI=1S/C21H19N3O2/c25-21-23-18-11-10-17(12-19(18)24-21)22-13-16-8-4-5-9-20(16)26-14-15-6-2-1-3-7-15/h1-12,22H,13-14H2,(H2,23,24,25). The van der Waals surface area contributed by atoms with E-state index in [0.29, 0.717) is 13.2 Å². The molecule has 0 amide bonds. The molecule has 0 bridgehead atoms. The molecule has 1 aromatic heterocycles. The number of imidazole rings is 1. The lowest BCUT2D eigenvalue weighted by Gasteiger charge is -2.13. The molecule has 0 spiro atoms. The van der Waals surface area contributed by atoms with Gasteiger partial charge in [-0.25, -0.2) is 4.79 Å². The molecule has 0 aliphatic carbocycles. The number of hydrogen-bond donors (Lipinski definition) is 3. The molecule has 0 unspecified atom stereocenters. The first-order valence-electron chi connectivity index (χ1n) is 8.48. The van der Waals surface area contributed by atoms with Gasteiger partial charge in [0.2, 0.25) is 0 Å². The third-order valence-electron chi connectivity index (χ3n) is 4.21. The second kappa shape index (κ2) is 7.19. The van der Waals surface area contributed by atoms with E-state index >= 15 is 0 Å². The van der Waals surface area contributed by atoms with Crippen LogP contribution in [0.3, 0.4) is 0 Å². The summed E-state index contributed by atoms with van der Waals surface area (Å²) in [6, 6.07) is 23.8. The highest BCUT2D eigenvalue weighted by Crippen LogP contribution is 2.22. The maximum Gasteiger partial charge on any atom is 0.323 e. The van der Waals surface area contributed by atoms with Gasteiger partial charge >= 0.3 is 5.69 Å². The van der Waals surface area contributed by atoms with Crippen LogP contribution in [0.2, 0.25) is 0 Å². The highest BCUT2D eigenvalue weighted by Gasteiger charge is 2.05. The molecule has 3 aromatic carbocycles. The van der Waals surface area contributed by atoms with E-state index in [2.05, 4.69) is 15.3 Å². The number of para-hydroxylation sites is 1. The second-order valence-electron chi connectivity index (χ2n) is 6.08. The highest BCUT2D eigenvalue weighted by molar-refractivity contribution is 5.78. The Morgan fingerprint density at radius 3 is 2.50 bits per heavy atom. The fourth-order valence-corrected chi connectivity index (χ4v) is 2.87. The second-order valence-corrected chi connectivity index (χ2v) is 6.08. The van der Waals surface area contributed by atoms with E-state index in [4.69, 9.17) is 4.74 Å². The number of aromatic amines is 2. The number of fused-ring (bicyclic) bond motifs is 1. The zero-order valence-corrected chi connectivity index (χ0v) is 14.2. The highest BCUT2D eigenvalue weighted by atomic mass is 16.5. The lowest BCUT2D eigenvalue weighted by Crippen LogP contribution is -2.03. The zero-order chi connectivity index (χ0) is 17.8. The summed E-state index contributed by atoms with van der Waals surface area (Å²) in [5.41, 5.74) is 4.53. The molecule has 0 aliphatic rings. The summed E-state index contributed by atoms with van der Waals surface area (Å²) in [6.07, 6.45) is 0. The van der Waals surface area contributed by atoms with Crippen molar-refractivity contribution in [2.24, 2.45) is 0 Å². The quantitative estimate of drug-likeness (QED) is 0.494. The zero-order valence-electron chi connectivity index (χ0n) is 14.2. The van der Waals surface area contributed by atoms with E-state index in [1.807, 2.05) is 72.8 Å². The molecular weight excluding hydrogens is 326 g/mol. The predicted molar refractivity (Wildman–Crippen MR) is 103 cm³/mol. The van der Waals surface area contributed by atoms with E-state index in [0.717, 1.165) is 33.6 Å². The van der Waals surface area contributed by atoms with Crippen molar-refractivity contribution < 1.29 is 4.74 Å². The molecule has 4 aromatic rings. The number of hydrogen-bond acceptors (Lipinski definition) is 3. The average molecular weight is 345 g/mol. The monoisotopic (exact) mass is 345 g/mol. The van der Waals surface area contributed by atoms with Crippen LogP contribution in [0.15, 0.2) is 77.6 Å². The topological polar surface area (TPSA) is 69.9 Å². The molecule has 1 heterocycles. The van der Waals surface area contributed by atoms with Crippen molar-refractivity contribution in [3.05, 3.63) is 94.4 Å². The van der Waals surface area contributed by atoms with Crippen LogP contribution in [0.5, 0.6) is 5.75 Å². The number of H-pyrrole nitrogens is 2. The smallest absolute Gasteiger partial charge is 0.323 e. The van der Waals surface area contributed by atoms with Crippen molar-refractivity contribution in [2.45, 2.75) is 13.2 Å². The van der Waals surface area contributed by atoms with Crippen LogP contribution in [-0.4, -0.2) is 9.97 Å². The third kappa shape index (κ3) is 3.62. The minimum Gasteiger partial charge on any atom is -0.489 e. The Balaban J connectivity index is 1.46. The lowest BCUT2D eigenvalue weighted by molar-refractivity contribution is 0.303. The van der Waals surface area contributed by atoms with Crippen molar-refractivity contribution in [1.29, 1.82) is 0 Å². The van der Waals surface area contributed by atoms with Crippen molar-refractivity contribution >= 4 is 16.7 Å². The number of ether oxygens (including phenoxy) is 1. The van der Waals surface area contributed by atoms with Gasteiger partial charge in [0.25, 0.3) is 0 Å². The van der Waals surface area contributed by atoms with E-state index in [-0.39, 0.29) is 5.69 Å². The summed E-state index contributed by atoms with van der Waals surface area (Å²) < 4.78 is 5.99. The van der Waals surface area contributed by atoms with Crippen LogP contribution in [0.1, 0.15) is 11.1 Å². The molecule has 0 saturated heterocycles. The maximum absolute atomic E-state index is 11.4. The first-order valence-corrected chi connectivity index (χ1v) is 8.48. The molecule has 5 heteroatoms. The maximum atomic E-state index is 11.4. The molecule has 0 fully saturated rings. The third-order valence-corrected chi connectivity index (χ3v) is 4.21. The molecule has 3 N–H and O–H groups in total. The Bertz CT molecular complexity index is 1070. The number of nitrogens with one attached hydrogen (secondary N) is 3. The predicted octanol–water partition coefficient (Wildman–Crippen LogP) is 4.05. The summed E-state index contributed by atoms with van der Waals surface area (Å²) >= 11 is 0. The van der Waals surface area contributed by atoms with Gasteiger partial charge in [-0.1, -0.05) is 48.5 Å². The summed E-state index contributed by atoms with van der Waals surface area (Å²) in [6.45, 7) is 1.17. The van der Waals surface area contributed by atoms with Gasteiger partial charge in [-0.05, 0) is 29.8 Å². The molecule has 5 nitrogen and oxygen atoms in total. The number of benzene rings is 3. The Morgan fingerprint density at radius 1 is 0.846 bits per heavy atom. The molecule has 26 heavy (non-hydrogen) atoms. The van der Waals surface area contributed by atoms with Crippen molar-refractivity contribution in [2.75, 3.05) is 5.32 Å². The minimum absolute atomic E-state index is 0.197. The minimum atomic E-state index is -0.197. The first-order chi connectivity index (χ1) is 12.8. The molecule has 0 aliphatic heterocycles. The number of anilines is 1. The van der Waals surface area contributed by atoms with Gasteiger partial charge in [-0.15, -0.1) is 0 Å². The van der Waals surface area contributed by atoms with Gasteiger partial charge in [0.1, 0.15) is 12.4 Å². The Hall–Kier alpha value is -3.47. The largest absolute Gasteiger partial charge is 0.489 e. The fraction of sp³-hybridized carbons (Fsp3) is 0.0952. The van der Waals surface area contributed by atoms with Gasteiger partial charge in [-0.3, -0.25) is 0 Å². The van der Waals surface area contributed by atoms with Crippen LogP contribution in [-0.2, 0) is 13.2 Å². The Labute approximate surface area is 150 Å². The normalized spacial score (nSPS) is 10.8. The van der Waals surface area contributed by atoms with E-state index < -0.39 is 0 Å². The van der Waals surface area contributed by atoms with Gasteiger partial charge in [-0.2, -0.15) is 0 Å². The van der Waals surface area contributed by atoms with E-state index in [1.165, 1.54) is 0 Å². The Kier molecular flexibility index (Phi) is 4.43. The summed E-state index contributed by atoms with van der Waals surface area (Å²) in [7, 11) is 0. The van der Waals surface area contributed by atoms with Crippen LogP contribution < -0.4 is 15.7 Å². The summed E-state index contributed by atoms with van der Waals surface area (Å²) in [5, 5.41) is 3.38. The van der Waals surface area contributed by atoms with Gasteiger partial charge < -0.3 is 20.0 Å². The van der Waals surface area contributed by atoms with Crippen molar-refractivity contribution in [3.8, 4) is 5.75 Å². The fourth-order valence-electron chi connectivity index (χ4n) is 2.87. The first kappa shape index (κ1) is 16.0. The van der Waals surface area contributed by atoms with Crippen LogP contribution in [0, 0.1) is 0 Å². The van der Waals surface area contributed by atoms with Gasteiger partial charge in [0.15, 0.2) is 0 Å². The molecule has 0 atom stereocenters. The van der Waals surface area contributed by atoms with Crippen LogP contribution >= 0.6 is 0 Å². The van der Waals surface area contributed by atoms with E-state index in [1.54, 1.807) is 0 Å². The molecule has 130 valence electrons. The molecule has 0 radical (unpaired) electrons. The number of rotatable bonds is 6. The lowest BCUT2D eigenvalue weighted by atomic mass is 10.2. The van der Waals surface area contributed by atoms with Crippen LogP contribution in [0.4, 0.5) is 5.69 Å². The van der Waals surface area contributed by atoms with Crippen molar-refractivity contribution in [3.63, 3.8) is 0 Å². The Morgan fingerprint density at radius 2 is 1.62 bits per heavy atom. The SMILES string of the molecule is O=c1[nH]c2ccc(NCc3ccccc3OCc3ccccc3)cc2[nH]1. The summed E-state index contributed by atoms with van der Waals surface area (Å²) in [5.74, 6) is 0.861. The average Bonchev–Trinajstić information content (AvgIpc) is 3.05. The number of aromatic nitrogens is 2. The van der Waals surface area contributed by atoms with Crippen LogP contribution in [0.25, 0.3) is 11.0 Å². The van der Waals surface area contributed by atoms with Gasteiger partial charge in [0.05, 0.1) is 11.0 Å². The van der Waals surface area contributed by atoms with E-state index in [9.17, 15) is 4.79 Å².